The van der Waals surface area contributed by atoms with Crippen molar-refractivity contribution in [3.05, 3.63) is 29.5 Å². The Morgan fingerprint density at radius 3 is 2.50 bits per heavy atom. The molecule has 0 aliphatic heterocycles. The maximum atomic E-state index is 12.2. The molecular weight excluding hydrogens is 288 g/mol. The molecule has 22 heavy (non-hydrogen) atoms. The van der Waals surface area contributed by atoms with Gasteiger partial charge in [0.05, 0.1) is 12.1 Å². The lowest BCUT2D eigenvalue weighted by Gasteiger charge is -2.15. The number of carboxylic acid groups (broad SMARTS) is 1. The van der Waals surface area contributed by atoms with Crippen LogP contribution in [0.1, 0.15) is 36.9 Å². The number of carbonyl (C=O) groups is 2. The van der Waals surface area contributed by atoms with Crippen LogP contribution in [-0.4, -0.2) is 24.1 Å². The molecule has 0 unspecified atom stereocenters. The van der Waals surface area contributed by atoms with Crippen LogP contribution in [0.5, 0.6) is 5.75 Å². The number of esters is 1. The molecule has 1 atom stereocenters. The molecule has 0 amide bonds. The van der Waals surface area contributed by atoms with Crippen LogP contribution in [-0.2, 0) is 9.53 Å². The molecule has 0 bridgehead atoms. The van der Waals surface area contributed by atoms with Crippen molar-refractivity contribution >= 4 is 22.9 Å². The lowest BCUT2D eigenvalue weighted by molar-refractivity contribution is -0.312. The van der Waals surface area contributed by atoms with E-state index in [1.165, 1.54) is 6.92 Å². The summed E-state index contributed by atoms with van der Waals surface area (Å²) in [6.07, 6.45) is -1.36. The molecule has 0 N–H and O–H groups in total. The number of rotatable bonds is 5. The second kappa shape index (κ2) is 6.09. The highest BCUT2D eigenvalue weighted by Gasteiger charge is 2.21. The first-order valence-corrected chi connectivity index (χ1v) is 6.91. The molecule has 0 fully saturated rings. The van der Waals surface area contributed by atoms with Gasteiger partial charge in [-0.15, -0.1) is 0 Å². The lowest BCUT2D eigenvalue weighted by Crippen LogP contribution is -2.37. The highest BCUT2D eigenvalue weighted by molar-refractivity contribution is 6.05. The zero-order valence-electron chi connectivity index (χ0n) is 12.8. The molecule has 1 aromatic heterocycles. The first-order chi connectivity index (χ1) is 10.3. The molecule has 0 spiro atoms. The van der Waals surface area contributed by atoms with Gasteiger partial charge >= 0.3 is 5.97 Å². The predicted octanol–water partition coefficient (Wildman–Crippen LogP) is 1.82. The van der Waals surface area contributed by atoms with Crippen LogP contribution in [0.3, 0.4) is 0 Å². The number of fused-ring (bicyclic) bond motifs is 1. The van der Waals surface area contributed by atoms with Gasteiger partial charge in [0, 0.05) is 5.39 Å². The number of aliphatic carboxylic acids is 1. The molecule has 1 aromatic carbocycles. The maximum absolute atomic E-state index is 12.2. The Bertz CT molecular complexity index is 713. The highest BCUT2D eigenvalue weighted by Crippen LogP contribution is 2.30. The van der Waals surface area contributed by atoms with E-state index in [4.69, 9.17) is 13.9 Å². The Hall–Kier alpha value is -2.50. The molecule has 0 aliphatic carbocycles. The summed E-state index contributed by atoms with van der Waals surface area (Å²) in [7, 11) is 0. The topological polar surface area (TPSA) is 88.8 Å². The van der Waals surface area contributed by atoms with Gasteiger partial charge in [-0.1, -0.05) is 0 Å². The normalized spacial score (nSPS) is 12.4. The van der Waals surface area contributed by atoms with Gasteiger partial charge in [-0.2, -0.15) is 0 Å². The molecule has 0 saturated heterocycles. The smallest absolute Gasteiger partial charge is 0.342 e. The van der Waals surface area contributed by atoms with Crippen molar-refractivity contribution in [3.8, 4) is 5.75 Å². The van der Waals surface area contributed by atoms with E-state index in [-0.39, 0.29) is 6.10 Å². The molecule has 2 rings (SSSR count). The van der Waals surface area contributed by atoms with Gasteiger partial charge in [0.2, 0.25) is 0 Å². The average molecular weight is 305 g/mol. The van der Waals surface area contributed by atoms with Gasteiger partial charge in [0.15, 0.2) is 0 Å². The van der Waals surface area contributed by atoms with Crippen LogP contribution in [0.4, 0.5) is 0 Å². The fourth-order valence-electron chi connectivity index (χ4n) is 2.05. The number of hydrogen-bond donors (Lipinski definition) is 0. The molecule has 0 radical (unpaired) electrons. The van der Waals surface area contributed by atoms with Crippen molar-refractivity contribution in [1.82, 2.24) is 0 Å². The monoisotopic (exact) mass is 305 g/mol. The average Bonchev–Trinajstić information content (AvgIpc) is 2.73. The summed E-state index contributed by atoms with van der Waals surface area (Å²) >= 11 is 0. The van der Waals surface area contributed by atoms with Gasteiger partial charge in [-0.25, -0.2) is 4.79 Å². The molecule has 0 saturated carbocycles. The number of carbonyl (C=O) groups excluding carboxylic acids is 2. The summed E-state index contributed by atoms with van der Waals surface area (Å²) in [6, 6.07) is 4.75. The Balaban J connectivity index is 2.42. The first-order valence-electron chi connectivity index (χ1n) is 6.91. The first kappa shape index (κ1) is 15.9. The van der Waals surface area contributed by atoms with Crippen LogP contribution >= 0.6 is 0 Å². The highest BCUT2D eigenvalue weighted by atomic mass is 16.5. The number of benzene rings is 1. The van der Waals surface area contributed by atoms with Crippen LogP contribution in [0.2, 0.25) is 0 Å². The quantitative estimate of drug-likeness (QED) is 0.783. The largest absolute Gasteiger partial charge is 0.546 e. The third kappa shape index (κ3) is 3.21. The fourth-order valence-corrected chi connectivity index (χ4v) is 2.05. The van der Waals surface area contributed by atoms with Gasteiger partial charge in [-0.05, 0) is 45.9 Å². The van der Waals surface area contributed by atoms with Crippen LogP contribution in [0.25, 0.3) is 11.0 Å². The van der Waals surface area contributed by atoms with E-state index >= 15 is 0 Å². The molecule has 118 valence electrons. The van der Waals surface area contributed by atoms with E-state index in [1.807, 2.05) is 0 Å². The number of furan rings is 1. The van der Waals surface area contributed by atoms with E-state index in [2.05, 4.69) is 0 Å². The molecule has 1 heterocycles. The van der Waals surface area contributed by atoms with Crippen molar-refractivity contribution in [2.75, 3.05) is 0 Å². The number of aryl methyl sites for hydroxylation is 1. The second-order valence-electron chi connectivity index (χ2n) is 5.22. The zero-order chi connectivity index (χ0) is 16.4. The number of ether oxygens (including phenoxy) is 2. The molecule has 0 aliphatic rings. The summed E-state index contributed by atoms with van der Waals surface area (Å²) in [6.45, 7) is 6.55. The molecule has 2 aromatic rings. The predicted molar refractivity (Wildman–Crippen MR) is 76.6 cm³/mol. The van der Waals surface area contributed by atoms with E-state index in [9.17, 15) is 14.7 Å². The van der Waals surface area contributed by atoms with Crippen molar-refractivity contribution in [3.63, 3.8) is 0 Å². The van der Waals surface area contributed by atoms with E-state index in [1.54, 1.807) is 39.0 Å². The van der Waals surface area contributed by atoms with E-state index < -0.39 is 18.0 Å². The van der Waals surface area contributed by atoms with E-state index in [0.29, 0.717) is 28.0 Å². The SMILES string of the molecule is Cc1oc2ccc(O[C@H](C)C(=O)[O-])cc2c1C(=O)OC(C)C. The summed E-state index contributed by atoms with van der Waals surface area (Å²) in [5.74, 6) is -1.06. The Kier molecular flexibility index (Phi) is 4.40. The third-order valence-electron chi connectivity index (χ3n) is 3.03. The minimum absolute atomic E-state index is 0.255. The number of carboxylic acids is 1. The fraction of sp³-hybridized carbons (Fsp3) is 0.375. The van der Waals surface area contributed by atoms with Gasteiger partial charge in [-0.3, -0.25) is 0 Å². The van der Waals surface area contributed by atoms with Crippen LogP contribution < -0.4 is 9.84 Å². The summed E-state index contributed by atoms with van der Waals surface area (Å²) in [5, 5.41) is 11.3. The summed E-state index contributed by atoms with van der Waals surface area (Å²) < 4.78 is 16.0. The summed E-state index contributed by atoms with van der Waals surface area (Å²) in [4.78, 5) is 22.9. The van der Waals surface area contributed by atoms with Gasteiger partial charge in [0.25, 0.3) is 0 Å². The number of hydrogen-bond acceptors (Lipinski definition) is 6. The third-order valence-corrected chi connectivity index (χ3v) is 3.03. The maximum Gasteiger partial charge on any atom is 0.342 e. The van der Waals surface area contributed by atoms with E-state index in [0.717, 1.165) is 0 Å². The second-order valence-corrected chi connectivity index (χ2v) is 5.22. The zero-order valence-corrected chi connectivity index (χ0v) is 12.8. The molecule has 6 heteroatoms. The Morgan fingerprint density at radius 1 is 1.23 bits per heavy atom. The van der Waals surface area contributed by atoms with Crippen molar-refractivity contribution in [2.45, 2.75) is 39.9 Å². The molecular formula is C16H17O6-. The Labute approximate surface area is 127 Å². The minimum atomic E-state index is -1.32. The van der Waals surface area contributed by atoms with Crippen molar-refractivity contribution < 1.29 is 28.6 Å². The Morgan fingerprint density at radius 2 is 1.91 bits per heavy atom. The molecule has 6 nitrogen and oxygen atoms in total. The van der Waals surface area contributed by atoms with Crippen LogP contribution in [0.15, 0.2) is 22.6 Å². The lowest BCUT2D eigenvalue weighted by atomic mass is 10.1. The van der Waals surface area contributed by atoms with Gasteiger partial charge < -0.3 is 23.8 Å². The van der Waals surface area contributed by atoms with Gasteiger partial charge in [0.1, 0.15) is 28.8 Å². The van der Waals surface area contributed by atoms with Crippen molar-refractivity contribution in [1.29, 1.82) is 0 Å². The van der Waals surface area contributed by atoms with Crippen LogP contribution in [0, 0.1) is 6.92 Å². The summed E-state index contributed by atoms with van der Waals surface area (Å²) in [5.41, 5.74) is 0.817. The van der Waals surface area contributed by atoms with Crippen molar-refractivity contribution in [2.24, 2.45) is 0 Å². The standard InChI is InChI=1S/C16H18O6/c1-8(2)20-16(19)14-9(3)22-13-6-5-11(7-12(13)14)21-10(4)15(17)18/h5-8,10H,1-4H3,(H,17,18)/p-1/t10-/m1/s1. The minimum Gasteiger partial charge on any atom is -0.546 e.